The number of aryl methyl sites for hydroxylation is 3. The van der Waals surface area contributed by atoms with Crippen LogP contribution >= 0.6 is 0 Å². The zero-order chi connectivity index (χ0) is 23.4. The smallest absolute Gasteiger partial charge is 0.429 e. The molecule has 2 nitrogen and oxygen atoms in total. The molecule has 32 heavy (non-hydrogen) atoms. The molecule has 3 aromatic rings. The highest BCUT2D eigenvalue weighted by Crippen LogP contribution is 2.32. The fourth-order valence-corrected chi connectivity index (χ4v) is 3.06. The molecule has 0 fully saturated rings. The fraction of sp³-hybridized carbons (Fsp3) is 0.250. The second-order valence-electron chi connectivity index (χ2n) is 7.13. The molecule has 0 N–H and O–H groups in total. The highest BCUT2D eigenvalue weighted by molar-refractivity contribution is 5.32. The predicted octanol–water partition coefficient (Wildman–Crippen LogP) is 7.20. The maximum atomic E-state index is 14.4. The summed E-state index contributed by atoms with van der Waals surface area (Å²) >= 11 is 0. The summed E-state index contributed by atoms with van der Waals surface area (Å²) < 4.78 is 87.6. The summed E-state index contributed by atoms with van der Waals surface area (Å²) in [4.78, 5) is 0. The zero-order valence-corrected chi connectivity index (χ0v) is 17.1. The van der Waals surface area contributed by atoms with E-state index in [0.29, 0.717) is 18.4 Å². The quantitative estimate of drug-likeness (QED) is 0.335. The molecule has 0 aliphatic carbocycles. The van der Waals surface area contributed by atoms with Crippen LogP contribution in [0.4, 0.5) is 26.3 Å². The van der Waals surface area contributed by atoms with E-state index in [2.05, 4.69) is 4.74 Å². The van der Waals surface area contributed by atoms with Crippen molar-refractivity contribution in [1.82, 2.24) is 0 Å². The third kappa shape index (κ3) is 6.42. The predicted molar refractivity (Wildman–Crippen MR) is 107 cm³/mol. The lowest BCUT2D eigenvalue weighted by molar-refractivity contribution is -0.275. The van der Waals surface area contributed by atoms with Gasteiger partial charge in [-0.05, 0) is 72.4 Å². The molecular formula is C24H20F6O2. The van der Waals surface area contributed by atoms with Crippen molar-refractivity contribution < 1.29 is 35.8 Å². The average Bonchev–Trinajstić information content (AvgIpc) is 2.74. The Hall–Kier alpha value is -3.16. The van der Waals surface area contributed by atoms with Gasteiger partial charge in [0.2, 0.25) is 0 Å². The van der Waals surface area contributed by atoms with E-state index in [0.717, 1.165) is 29.7 Å². The number of halogens is 6. The van der Waals surface area contributed by atoms with Crippen molar-refractivity contribution in [2.24, 2.45) is 0 Å². The standard InChI is InChI=1S/C24H20F6O2/c1-2-16-5-10-19(11-6-16)23(26,27)31-20-12-7-17(8-13-20)3-4-18-9-14-22(21(25)15-18)32-24(28,29)30/h5-15H,2-4H2,1H3. The van der Waals surface area contributed by atoms with Gasteiger partial charge in [0.05, 0.1) is 5.56 Å². The second-order valence-corrected chi connectivity index (χ2v) is 7.13. The molecule has 0 aromatic heterocycles. The summed E-state index contributed by atoms with van der Waals surface area (Å²) in [6.07, 6.45) is -6.96. The minimum atomic E-state index is -4.97. The number of hydrogen-bond acceptors (Lipinski definition) is 2. The van der Waals surface area contributed by atoms with E-state index in [9.17, 15) is 26.3 Å². The van der Waals surface area contributed by atoms with Crippen molar-refractivity contribution in [2.75, 3.05) is 0 Å². The molecule has 0 aliphatic rings. The number of hydrogen-bond donors (Lipinski definition) is 0. The molecule has 0 aliphatic heterocycles. The van der Waals surface area contributed by atoms with Crippen molar-refractivity contribution in [1.29, 1.82) is 0 Å². The van der Waals surface area contributed by atoms with Gasteiger partial charge in [-0.25, -0.2) is 4.39 Å². The molecule has 0 bridgehead atoms. The van der Waals surface area contributed by atoms with Crippen LogP contribution in [-0.2, 0) is 25.4 Å². The molecule has 0 heterocycles. The molecule has 3 aromatic carbocycles. The summed E-state index contributed by atoms with van der Waals surface area (Å²) in [5.41, 5.74) is 1.93. The van der Waals surface area contributed by atoms with Gasteiger partial charge < -0.3 is 9.47 Å². The lowest BCUT2D eigenvalue weighted by atomic mass is 10.0. The van der Waals surface area contributed by atoms with Crippen LogP contribution in [0, 0.1) is 5.82 Å². The Labute approximate surface area is 181 Å². The maximum absolute atomic E-state index is 14.4. The van der Waals surface area contributed by atoms with E-state index >= 15 is 0 Å². The number of rotatable bonds is 8. The molecule has 3 rings (SSSR count). The van der Waals surface area contributed by atoms with Crippen molar-refractivity contribution in [3.8, 4) is 11.5 Å². The Balaban J connectivity index is 1.59. The minimum Gasteiger partial charge on any atom is -0.429 e. The van der Waals surface area contributed by atoms with Crippen LogP contribution in [0.25, 0.3) is 0 Å². The molecule has 0 spiro atoms. The molecule has 0 atom stereocenters. The van der Waals surface area contributed by atoms with Crippen LogP contribution in [0.1, 0.15) is 29.2 Å². The molecule has 170 valence electrons. The van der Waals surface area contributed by atoms with Crippen LogP contribution < -0.4 is 9.47 Å². The first-order chi connectivity index (χ1) is 15.1. The van der Waals surface area contributed by atoms with Gasteiger partial charge in [-0.2, -0.15) is 8.78 Å². The number of benzene rings is 3. The van der Waals surface area contributed by atoms with Gasteiger partial charge in [-0.3, -0.25) is 0 Å². The SMILES string of the molecule is CCc1ccc(C(F)(F)Oc2ccc(CCc3ccc(OC(F)(F)F)c(F)c3)cc2)cc1. The van der Waals surface area contributed by atoms with Crippen LogP contribution in [0.2, 0.25) is 0 Å². The molecule has 0 saturated carbocycles. The van der Waals surface area contributed by atoms with Crippen molar-refractivity contribution in [3.63, 3.8) is 0 Å². The molecule has 0 saturated heterocycles. The van der Waals surface area contributed by atoms with E-state index in [1.807, 2.05) is 6.92 Å². The summed E-state index contributed by atoms with van der Waals surface area (Å²) in [5, 5.41) is 0. The molecular weight excluding hydrogens is 434 g/mol. The third-order valence-electron chi connectivity index (χ3n) is 4.79. The number of ether oxygens (including phenoxy) is 2. The van der Waals surface area contributed by atoms with Gasteiger partial charge in [-0.1, -0.05) is 37.3 Å². The minimum absolute atomic E-state index is 0.0157. The maximum Gasteiger partial charge on any atom is 0.573 e. The topological polar surface area (TPSA) is 18.5 Å². The van der Waals surface area contributed by atoms with Crippen molar-refractivity contribution >= 4 is 0 Å². The third-order valence-corrected chi connectivity index (χ3v) is 4.79. The Morgan fingerprint density at radius 1 is 0.688 bits per heavy atom. The van der Waals surface area contributed by atoms with Crippen LogP contribution in [-0.4, -0.2) is 6.36 Å². The van der Waals surface area contributed by atoms with Gasteiger partial charge in [-0.15, -0.1) is 13.2 Å². The van der Waals surface area contributed by atoms with E-state index in [-0.39, 0.29) is 11.3 Å². The van der Waals surface area contributed by atoms with Crippen LogP contribution in [0.3, 0.4) is 0 Å². The van der Waals surface area contributed by atoms with Gasteiger partial charge in [0, 0.05) is 0 Å². The zero-order valence-electron chi connectivity index (χ0n) is 17.1. The summed E-state index contributed by atoms with van der Waals surface area (Å²) in [7, 11) is 0. The lowest BCUT2D eigenvalue weighted by Crippen LogP contribution is -2.21. The molecule has 0 radical (unpaired) electrons. The van der Waals surface area contributed by atoms with Gasteiger partial charge >= 0.3 is 12.5 Å². The van der Waals surface area contributed by atoms with Gasteiger partial charge in [0.15, 0.2) is 11.6 Å². The molecule has 0 unspecified atom stereocenters. The van der Waals surface area contributed by atoms with Crippen molar-refractivity contribution in [2.45, 2.75) is 38.7 Å². The van der Waals surface area contributed by atoms with Gasteiger partial charge in [0.1, 0.15) is 5.75 Å². The molecule has 8 heteroatoms. The Bertz CT molecular complexity index is 1030. The lowest BCUT2D eigenvalue weighted by Gasteiger charge is -2.18. The first-order valence-electron chi connectivity index (χ1n) is 9.85. The monoisotopic (exact) mass is 454 g/mol. The Morgan fingerprint density at radius 3 is 1.81 bits per heavy atom. The van der Waals surface area contributed by atoms with Gasteiger partial charge in [0.25, 0.3) is 0 Å². The summed E-state index contributed by atoms with van der Waals surface area (Å²) in [6.45, 7) is 1.93. The highest BCUT2D eigenvalue weighted by Gasteiger charge is 2.34. The normalized spacial score (nSPS) is 12.0. The van der Waals surface area contributed by atoms with E-state index < -0.39 is 24.0 Å². The Morgan fingerprint density at radius 2 is 1.25 bits per heavy atom. The molecule has 0 amide bonds. The first-order valence-corrected chi connectivity index (χ1v) is 9.85. The summed E-state index contributed by atoms with van der Waals surface area (Å²) in [6, 6.07) is 15.2. The van der Waals surface area contributed by atoms with Crippen molar-refractivity contribution in [3.05, 3.63) is 94.8 Å². The van der Waals surface area contributed by atoms with E-state index in [1.165, 1.54) is 30.3 Å². The van der Waals surface area contributed by atoms with E-state index in [4.69, 9.17) is 4.74 Å². The second kappa shape index (κ2) is 9.54. The summed E-state index contributed by atoms with van der Waals surface area (Å²) in [5.74, 6) is -2.02. The fourth-order valence-electron chi connectivity index (χ4n) is 3.06. The first kappa shape index (κ1) is 23.5. The average molecular weight is 454 g/mol. The number of alkyl halides is 5. The van der Waals surface area contributed by atoms with E-state index in [1.54, 1.807) is 24.3 Å². The highest BCUT2D eigenvalue weighted by atomic mass is 19.4. The van der Waals surface area contributed by atoms with Crippen LogP contribution in [0.15, 0.2) is 66.7 Å². The van der Waals surface area contributed by atoms with Crippen LogP contribution in [0.5, 0.6) is 11.5 Å². The Kier molecular flexibility index (Phi) is 7.01. The largest absolute Gasteiger partial charge is 0.573 e.